The van der Waals surface area contributed by atoms with Crippen LogP contribution in [0.2, 0.25) is 0 Å². The van der Waals surface area contributed by atoms with E-state index in [2.05, 4.69) is 18.6 Å². The summed E-state index contributed by atoms with van der Waals surface area (Å²) in [5.74, 6) is 1.24. The van der Waals surface area contributed by atoms with Gasteiger partial charge in [-0.05, 0) is 73.2 Å². The molecule has 156 valence electrons. The number of methoxy groups -OCH3 is 1. The smallest absolute Gasteiger partial charge is 0.262 e. The Balaban J connectivity index is 1.85. The molecular formula is C22H28N2O4S. The zero-order chi connectivity index (χ0) is 21.2. The minimum absolute atomic E-state index is 0.125. The lowest BCUT2D eigenvalue weighted by Gasteiger charge is -2.30. The van der Waals surface area contributed by atoms with Crippen LogP contribution in [0, 0.1) is 12.8 Å². The van der Waals surface area contributed by atoms with Crippen molar-refractivity contribution in [1.29, 1.82) is 0 Å². The van der Waals surface area contributed by atoms with Crippen LogP contribution in [0.1, 0.15) is 37.8 Å². The van der Waals surface area contributed by atoms with Crippen LogP contribution < -0.4 is 14.4 Å². The second-order valence-electron chi connectivity index (χ2n) is 7.81. The number of anilines is 2. The number of benzene rings is 2. The number of sulfonamides is 1. The monoisotopic (exact) mass is 416 g/mol. The molecule has 0 fully saturated rings. The number of fused-ring (bicyclic) bond motifs is 1. The van der Waals surface area contributed by atoms with E-state index in [4.69, 9.17) is 4.74 Å². The van der Waals surface area contributed by atoms with E-state index >= 15 is 0 Å². The fourth-order valence-electron chi connectivity index (χ4n) is 3.52. The first-order chi connectivity index (χ1) is 13.7. The predicted octanol–water partition coefficient (Wildman–Crippen LogP) is 4.13. The molecule has 0 spiro atoms. The SMILES string of the molecule is COc1ccc(S(=O)(=O)Nc2ccc3c(c2)CCC(=O)N3CCC(C)C)c(C)c1. The predicted molar refractivity (Wildman–Crippen MR) is 115 cm³/mol. The van der Waals surface area contributed by atoms with Gasteiger partial charge in [-0.15, -0.1) is 0 Å². The van der Waals surface area contributed by atoms with Gasteiger partial charge in [0.1, 0.15) is 5.75 Å². The van der Waals surface area contributed by atoms with Crippen molar-refractivity contribution in [3.05, 3.63) is 47.5 Å². The van der Waals surface area contributed by atoms with E-state index in [1.807, 2.05) is 17.0 Å². The summed E-state index contributed by atoms with van der Waals surface area (Å²) in [7, 11) is -2.18. The number of aryl methyl sites for hydroxylation is 2. The average Bonchev–Trinajstić information content (AvgIpc) is 2.66. The van der Waals surface area contributed by atoms with Crippen molar-refractivity contribution in [3.63, 3.8) is 0 Å². The van der Waals surface area contributed by atoms with Crippen molar-refractivity contribution in [2.45, 2.75) is 44.9 Å². The van der Waals surface area contributed by atoms with Crippen LogP contribution in [-0.4, -0.2) is 28.0 Å². The fourth-order valence-corrected chi connectivity index (χ4v) is 4.79. The van der Waals surface area contributed by atoms with Gasteiger partial charge in [-0.3, -0.25) is 9.52 Å². The minimum atomic E-state index is -3.73. The lowest BCUT2D eigenvalue weighted by Crippen LogP contribution is -2.36. The Morgan fingerprint density at radius 2 is 1.90 bits per heavy atom. The molecule has 6 nitrogen and oxygen atoms in total. The van der Waals surface area contributed by atoms with Crippen molar-refractivity contribution in [2.24, 2.45) is 5.92 Å². The first-order valence-electron chi connectivity index (χ1n) is 9.82. The van der Waals surface area contributed by atoms with Gasteiger partial charge in [-0.2, -0.15) is 0 Å². The summed E-state index contributed by atoms with van der Waals surface area (Å²) >= 11 is 0. The Kier molecular flexibility index (Phi) is 6.17. The molecule has 0 atom stereocenters. The Morgan fingerprint density at radius 3 is 2.55 bits per heavy atom. The van der Waals surface area contributed by atoms with Gasteiger partial charge < -0.3 is 9.64 Å². The van der Waals surface area contributed by atoms with Crippen molar-refractivity contribution in [3.8, 4) is 5.75 Å². The lowest BCUT2D eigenvalue weighted by molar-refractivity contribution is -0.118. The maximum atomic E-state index is 12.9. The number of carbonyl (C=O) groups is 1. The highest BCUT2D eigenvalue weighted by Gasteiger charge is 2.25. The van der Waals surface area contributed by atoms with Crippen LogP contribution in [0.3, 0.4) is 0 Å². The molecule has 1 heterocycles. The number of hydrogen-bond donors (Lipinski definition) is 1. The molecule has 1 aliphatic heterocycles. The van der Waals surface area contributed by atoms with Crippen LogP contribution in [0.4, 0.5) is 11.4 Å². The molecular weight excluding hydrogens is 388 g/mol. The molecule has 0 aromatic heterocycles. The summed E-state index contributed by atoms with van der Waals surface area (Å²) in [4.78, 5) is 14.4. The summed E-state index contributed by atoms with van der Waals surface area (Å²) in [6.45, 7) is 6.69. The Labute approximate surface area is 172 Å². The molecule has 1 N–H and O–H groups in total. The topological polar surface area (TPSA) is 75.7 Å². The van der Waals surface area contributed by atoms with Gasteiger partial charge in [0, 0.05) is 24.3 Å². The average molecular weight is 417 g/mol. The van der Waals surface area contributed by atoms with Crippen LogP contribution in [0.5, 0.6) is 5.75 Å². The zero-order valence-corrected chi connectivity index (χ0v) is 18.2. The maximum absolute atomic E-state index is 12.9. The van der Waals surface area contributed by atoms with Gasteiger partial charge >= 0.3 is 0 Å². The van der Waals surface area contributed by atoms with Crippen molar-refractivity contribution in [1.82, 2.24) is 0 Å². The molecule has 0 unspecified atom stereocenters. The highest BCUT2D eigenvalue weighted by Crippen LogP contribution is 2.32. The molecule has 7 heteroatoms. The van der Waals surface area contributed by atoms with Gasteiger partial charge in [0.05, 0.1) is 12.0 Å². The van der Waals surface area contributed by atoms with E-state index in [9.17, 15) is 13.2 Å². The standard InChI is InChI=1S/C22H28N2O4S/c1-15(2)11-12-24-20-8-6-18(14-17(20)5-10-22(24)25)23-29(26,27)21-9-7-19(28-4)13-16(21)3/h6-9,13-15,23H,5,10-12H2,1-4H3. The first kappa shape index (κ1) is 21.2. The molecule has 0 aliphatic carbocycles. The van der Waals surface area contributed by atoms with Gasteiger partial charge in [-0.1, -0.05) is 13.8 Å². The lowest BCUT2D eigenvalue weighted by atomic mass is 9.99. The molecule has 0 radical (unpaired) electrons. The van der Waals surface area contributed by atoms with Gasteiger partial charge in [-0.25, -0.2) is 8.42 Å². The van der Waals surface area contributed by atoms with Crippen molar-refractivity contribution < 1.29 is 17.9 Å². The second kappa shape index (κ2) is 8.45. The third kappa shape index (κ3) is 4.72. The number of carbonyl (C=O) groups excluding carboxylic acids is 1. The summed E-state index contributed by atoms with van der Waals surface area (Å²) in [6.07, 6.45) is 1.98. The Hall–Kier alpha value is -2.54. The largest absolute Gasteiger partial charge is 0.497 e. The molecule has 0 bridgehead atoms. The van der Waals surface area contributed by atoms with Gasteiger partial charge in [0.15, 0.2) is 0 Å². The number of ether oxygens (including phenoxy) is 1. The Morgan fingerprint density at radius 1 is 1.14 bits per heavy atom. The quantitative estimate of drug-likeness (QED) is 0.736. The molecule has 2 aromatic carbocycles. The zero-order valence-electron chi connectivity index (χ0n) is 17.4. The third-order valence-corrected chi connectivity index (χ3v) is 6.67. The van der Waals surface area contributed by atoms with E-state index < -0.39 is 10.0 Å². The molecule has 1 aliphatic rings. The van der Waals surface area contributed by atoms with Crippen LogP contribution >= 0.6 is 0 Å². The molecule has 2 aromatic rings. The highest BCUT2D eigenvalue weighted by molar-refractivity contribution is 7.92. The maximum Gasteiger partial charge on any atom is 0.262 e. The van der Waals surface area contributed by atoms with E-state index in [0.717, 1.165) is 17.7 Å². The van der Waals surface area contributed by atoms with E-state index in [0.29, 0.717) is 42.3 Å². The molecule has 0 saturated heterocycles. The summed E-state index contributed by atoms with van der Waals surface area (Å²) < 4.78 is 33.6. The third-order valence-electron chi connectivity index (χ3n) is 5.13. The number of amides is 1. The Bertz CT molecular complexity index is 1020. The molecule has 3 rings (SSSR count). The number of nitrogens with zero attached hydrogens (tertiary/aromatic N) is 1. The van der Waals surface area contributed by atoms with E-state index in [1.165, 1.54) is 0 Å². The van der Waals surface area contributed by atoms with E-state index in [1.54, 1.807) is 38.3 Å². The van der Waals surface area contributed by atoms with E-state index in [-0.39, 0.29) is 10.8 Å². The highest BCUT2D eigenvalue weighted by atomic mass is 32.2. The molecule has 29 heavy (non-hydrogen) atoms. The normalized spacial score (nSPS) is 14.1. The number of hydrogen-bond acceptors (Lipinski definition) is 4. The number of rotatable bonds is 7. The van der Waals surface area contributed by atoms with Gasteiger partial charge in [0.2, 0.25) is 5.91 Å². The second-order valence-corrected chi connectivity index (χ2v) is 9.46. The minimum Gasteiger partial charge on any atom is -0.497 e. The van der Waals surface area contributed by atoms with Crippen molar-refractivity contribution in [2.75, 3.05) is 23.3 Å². The van der Waals surface area contributed by atoms with Crippen LogP contribution in [-0.2, 0) is 21.2 Å². The van der Waals surface area contributed by atoms with Crippen LogP contribution in [0.15, 0.2) is 41.3 Å². The number of nitrogens with one attached hydrogen (secondary N) is 1. The van der Waals surface area contributed by atoms with Gasteiger partial charge in [0.25, 0.3) is 10.0 Å². The first-order valence-corrected chi connectivity index (χ1v) is 11.3. The molecule has 0 saturated carbocycles. The summed E-state index contributed by atoms with van der Waals surface area (Å²) in [5, 5.41) is 0. The van der Waals surface area contributed by atoms with Crippen molar-refractivity contribution >= 4 is 27.3 Å². The molecule has 1 amide bonds. The fraction of sp³-hybridized carbons (Fsp3) is 0.409. The summed E-state index contributed by atoms with van der Waals surface area (Å²) in [6, 6.07) is 10.3. The van der Waals surface area contributed by atoms with Crippen LogP contribution in [0.25, 0.3) is 0 Å². The summed E-state index contributed by atoms with van der Waals surface area (Å²) in [5.41, 5.74) is 2.97.